The van der Waals surface area contributed by atoms with Crippen molar-refractivity contribution in [3.63, 3.8) is 0 Å². The highest BCUT2D eigenvalue weighted by Gasteiger charge is 2.31. The fraction of sp³-hybridized carbons (Fsp3) is 0.312. The molecular formula is C16H15FN4OS. The van der Waals surface area contributed by atoms with Gasteiger partial charge < -0.3 is 5.32 Å². The van der Waals surface area contributed by atoms with Crippen molar-refractivity contribution in [3.05, 3.63) is 46.7 Å². The lowest BCUT2D eigenvalue weighted by Gasteiger charge is -2.23. The van der Waals surface area contributed by atoms with Gasteiger partial charge >= 0.3 is 0 Å². The molecule has 7 heteroatoms. The molecule has 1 atom stereocenters. The third kappa shape index (κ3) is 3.55. The summed E-state index contributed by atoms with van der Waals surface area (Å²) in [5, 5.41) is 14.4. The molecule has 2 aromatic rings. The minimum absolute atomic E-state index is 0.0851. The molecule has 1 N–H and O–H groups in total. The molecule has 0 spiro atoms. The molecule has 1 aliphatic rings. The topological polar surface area (TPSA) is 69.0 Å². The average molecular weight is 330 g/mol. The van der Waals surface area contributed by atoms with E-state index >= 15 is 0 Å². The molecule has 0 unspecified atom stereocenters. The molecule has 0 radical (unpaired) electrons. The van der Waals surface area contributed by atoms with Crippen molar-refractivity contribution in [3.8, 4) is 6.07 Å². The Balaban J connectivity index is 1.72. The van der Waals surface area contributed by atoms with Crippen molar-refractivity contribution in [1.29, 1.82) is 5.26 Å². The Morgan fingerprint density at radius 3 is 3.17 bits per heavy atom. The molecule has 1 aromatic heterocycles. The molecule has 1 fully saturated rings. The number of carbonyl (C=O) groups excluding carboxylic acids is 1. The molecule has 5 nitrogen and oxygen atoms in total. The SMILES string of the molecule is N#Cc1cc(F)ccc1CN1CCC[C@@H]1C(=O)Nc1nccs1. The normalized spacial score (nSPS) is 17.8. The van der Waals surface area contributed by atoms with E-state index in [1.165, 1.54) is 23.5 Å². The number of anilines is 1. The first-order chi connectivity index (χ1) is 11.2. The van der Waals surface area contributed by atoms with Gasteiger partial charge in [-0.05, 0) is 37.1 Å². The van der Waals surface area contributed by atoms with Gasteiger partial charge in [0.05, 0.1) is 17.7 Å². The molecule has 0 bridgehead atoms. The van der Waals surface area contributed by atoms with Crippen LogP contribution in [0.2, 0.25) is 0 Å². The van der Waals surface area contributed by atoms with Gasteiger partial charge in [-0.1, -0.05) is 6.07 Å². The van der Waals surface area contributed by atoms with Crippen LogP contribution in [0.25, 0.3) is 0 Å². The first kappa shape index (κ1) is 15.6. The van der Waals surface area contributed by atoms with Gasteiger partial charge in [0, 0.05) is 18.1 Å². The van der Waals surface area contributed by atoms with Crippen molar-refractivity contribution in [2.24, 2.45) is 0 Å². The second-order valence-corrected chi connectivity index (χ2v) is 6.26. The minimum Gasteiger partial charge on any atom is -0.301 e. The van der Waals surface area contributed by atoms with Gasteiger partial charge in [-0.15, -0.1) is 11.3 Å². The number of nitrogens with zero attached hydrogens (tertiary/aromatic N) is 3. The lowest BCUT2D eigenvalue weighted by molar-refractivity contribution is -0.120. The number of thiazole rings is 1. The second kappa shape index (κ2) is 6.86. The molecule has 1 amide bonds. The van der Waals surface area contributed by atoms with Crippen LogP contribution in [0.5, 0.6) is 0 Å². The molecule has 0 aliphatic carbocycles. The summed E-state index contributed by atoms with van der Waals surface area (Å²) in [6, 6.07) is 5.95. The van der Waals surface area contributed by atoms with Crippen LogP contribution in [0.1, 0.15) is 24.0 Å². The summed E-state index contributed by atoms with van der Waals surface area (Å²) in [7, 11) is 0. The van der Waals surface area contributed by atoms with Crippen LogP contribution in [0.3, 0.4) is 0 Å². The molecule has 1 aliphatic heterocycles. The number of hydrogen-bond acceptors (Lipinski definition) is 5. The van der Waals surface area contributed by atoms with Crippen LogP contribution in [-0.2, 0) is 11.3 Å². The zero-order valence-electron chi connectivity index (χ0n) is 12.3. The van der Waals surface area contributed by atoms with E-state index in [9.17, 15) is 9.18 Å². The highest BCUT2D eigenvalue weighted by Crippen LogP contribution is 2.23. The number of carbonyl (C=O) groups is 1. The van der Waals surface area contributed by atoms with Gasteiger partial charge in [0.2, 0.25) is 5.91 Å². The van der Waals surface area contributed by atoms with E-state index in [1.54, 1.807) is 17.6 Å². The van der Waals surface area contributed by atoms with E-state index in [0.29, 0.717) is 17.2 Å². The summed E-state index contributed by atoms with van der Waals surface area (Å²) in [5.74, 6) is -0.511. The Kier molecular flexibility index (Phi) is 4.65. The number of nitrogens with one attached hydrogen (secondary N) is 1. The van der Waals surface area contributed by atoms with Crippen molar-refractivity contribution in [1.82, 2.24) is 9.88 Å². The zero-order chi connectivity index (χ0) is 16.2. The molecule has 23 heavy (non-hydrogen) atoms. The van der Waals surface area contributed by atoms with Crippen LogP contribution in [0.4, 0.5) is 9.52 Å². The van der Waals surface area contributed by atoms with E-state index < -0.39 is 5.82 Å². The highest BCUT2D eigenvalue weighted by atomic mass is 32.1. The summed E-state index contributed by atoms with van der Waals surface area (Å²) >= 11 is 1.38. The van der Waals surface area contributed by atoms with Crippen molar-refractivity contribution < 1.29 is 9.18 Å². The zero-order valence-corrected chi connectivity index (χ0v) is 13.1. The lowest BCUT2D eigenvalue weighted by atomic mass is 10.1. The molecular weight excluding hydrogens is 315 g/mol. The predicted octanol–water partition coefficient (Wildman–Crippen LogP) is 2.76. The van der Waals surface area contributed by atoms with Crippen LogP contribution < -0.4 is 5.32 Å². The van der Waals surface area contributed by atoms with Crippen molar-refractivity contribution in [2.45, 2.75) is 25.4 Å². The van der Waals surface area contributed by atoms with Crippen LogP contribution in [0.15, 0.2) is 29.8 Å². The van der Waals surface area contributed by atoms with Crippen LogP contribution >= 0.6 is 11.3 Å². The minimum atomic E-state index is -0.426. The van der Waals surface area contributed by atoms with E-state index in [1.807, 2.05) is 11.0 Å². The smallest absolute Gasteiger partial charge is 0.243 e. The second-order valence-electron chi connectivity index (χ2n) is 5.37. The maximum Gasteiger partial charge on any atom is 0.243 e. The Bertz CT molecular complexity index is 741. The summed E-state index contributed by atoms with van der Waals surface area (Å²) in [6.45, 7) is 1.23. The fourth-order valence-electron chi connectivity index (χ4n) is 2.80. The number of nitriles is 1. The van der Waals surface area contributed by atoms with E-state index in [-0.39, 0.29) is 11.9 Å². The largest absolute Gasteiger partial charge is 0.301 e. The van der Waals surface area contributed by atoms with Gasteiger partial charge in [0.25, 0.3) is 0 Å². The number of hydrogen-bond donors (Lipinski definition) is 1. The lowest BCUT2D eigenvalue weighted by Crippen LogP contribution is -2.39. The number of likely N-dealkylation sites (tertiary alicyclic amines) is 1. The summed E-state index contributed by atoms with van der Waals surface area (Å²) in [5.41, 5.74) is 1.05. The molecule has 1 aromatic carbocycles. The maximum atomic E-state index is 13.2. The fourth-order valence-corrected chi connectivity index (χ4v) is 3.33. The maximum absolute atomic E-state index is 13.2. The Labute approximate surface area is 137 Å². The summed E-state index contributed by atoms with van der Waals surface area (Å²) < 4.78 is 13.2. The van der Waals surface area contributed by atoms with Gasteiger partial charge in [-0.25, -0.2) is 9.37 Å². The molecule has 3 rings (SSSR count). The van der Waals surface area contributed by atoms with E-state index in [0.717, 1.165) is 24.9 Å². The Morgan fingerprint density at radius 1 is 1.57 bits per heavy atom. The van der Waals surface area contributed by atoms with Gasteiger partial charge in [-0.2, -0.15) is 5.26 Å². The van der Waals surface area contributed by atoms with Gasteiger partial charge in [0.15, 0.2) is 5.13 Å². The molecule has 1 saturated heterocycles. The van der Waals surface area contributed by atoms with Gasteiger partial charge in [-0.3, -0.25) is 9.69 Å². The number of benzene rings is 1. The van der Waals surface area contributed by atoms with Gasteiger partial charge in [0.1, 0.15) is 5.82 Å². The number of rotatable bonds is 4. The summed E-state index contributed by atoms with van der Waals surface area (Å²) in [6.07, 6.45) is 3.32. The Morgan fingerprint density at radius 2 is 2.43 bits per heavy atom. The average Bonchev–Trinajstić information content (AvgIpc) is 3.20. The first-order valence-corrected chi connectivity index (χ1v) is 8.18. The number of halogens is 1. The highest BCUT2D eigenvalue weighted by molar-refractivity contribution is 7.13. The quantitative estimate of drug-likeness (QED) is 0.936. The van der Waals surface area contributed by atoms with Crippen LogP contribution in [-0.4, -0.2) is 28.4 Å². The predicted molar refractivity (Wildman–Crippen MR) is 85.3 cm³/mol. The number of aromatic nitrogens is 1. The third-order valence-electron chi connectivity index (χ3n) is 3.89. The molecule has 0 saturated carbocycles. The van der Waals surface area contributed by atoms with Crippen LogP contribution in [0, 0.1) is 17.1 Å². The standard InChI is InChI=1S/C16H15FN4OS/c17-13-4-3-11(12(8-13)9-18)10-21-6-1-2-14(21)15(22)20-16-19-5-7-23-16/h3-5,7-8,14H,1-2,6,10H2,(H,19,20,22)/t14-/m1/s1. The third-order valence-corrected chi connectivity index (χ3v) is 4.58. The molecule has 2 heterocycles. The van der Waals surface area contributed by atoms with E-state index in [4.69, 9.17) is 5.26 Å². The van der Waals surface area contributed by atoms with Crippen molar-refractivity contribution in [2.75, 3.05) is 11.9 Å². The van der Waals surface area contributed by atoms with E-state index in [2.05, 4.69) is 10.3 Å². The first-order valence-electron chi connectivity index (χ1n) is 7.30. The summed E-state index contributed by atoms with van der Waals surface area (Å²) in [4.78, 5) is 18.5. The molecule has 118 valence electrons. The number of amides is 1. The monoisotopic (exact) mass is 330 g/mol. The van der Waals surface area contributed by atoms with Crippen molar-refractivity contribution >= 4 is 22.4 Å². The Hall–Kier alpha value is -2.30.